The summed E-state index contributed by atoms with van der Waals surface area (Å²) in [6.07, 6.45) is 2.81. The zero-order valence-electron chi connectivity index (χ0n) is 6.26. The van der Waals surface area contributed by atoms with Gasteiger partial charge in [-0.2, -0.15) is 24.4 Å². The van der Waals surface area contributed by atoms with Crippen molar-refractivity contribution < 1.29 is 0 Å². The standard InChI is InChI=1S/C5H10S2.C2H6/c6-4-5-2-1-3-7-5;1-2/h5-6H,1-4H2;1-2H3. The van der Waals surface area contributed by atoms with Gasteiger partial charge >= 0.3 is 0 Å². The summed E-state index contributed by atoms with van der Waals surface area (Å²) in [5, 5.41) is 0.878. The maximum Gasteiger partial charge on any atom is 0.0135 e. The van der Waals surface area contributed by atoms with Gasteiger partial charge in [-0.05, 0) is 18.6 Å². The van der Waals surface area contributed by atoms with Gasteiger partial charge in [0.1, 0.15) is 0 Å². The maximum absolute atomic E-state index is 4.19. The monoisotopic (exact) mass is 164 g/mol. The quantitative estimate of drug-likeness (QED) is 0.581. The summed E-state index contributed by atoms with van der Waals surface area (Å²) in [5.41, 5.74) is 0. The highest BCUT2D eigenvalue weighted by atomic mass is 32.2. The van der Waals surface area contributed by atoms with E-state index >= 15 is 0 Å². The van der Waals surface area contributed by atoms with Gasteiger partial charge in [-0.15, -0.1) is 0 Å². The van der Waals surface area contributed by atoms with Crippen LogP contribution in [0.3, 0.4) is 0 Å². The lowest BCUT2D eigenvalue weighted by Gasteiger charge is -1.98. The lowest BCUT2D eigenvalue weighted by molar-refractivity contribution is 0.846. The van der Waals surface area contributed by atoms with E-state index in [2.05, 4.69) is 24.4 Å². The first-order chi connectivity index (χ1) is 4.43. The molecule has 0 spiro atoms. The second-order valence-electron chi connectivity index (χ2n) is 1.82. The normalized spacial score (nSPS) is 25.0. The molecule has 2 heteroatoms. The van der Waals surface area contributed by atoms with Crippen LogP contribution in [0.2, 0.25) is 0 Å². The second-order valence-corrected chi connectivity index (χ2v) is 3.59. The van der Waals surface area contributed by atoms with Crippen LogP contribution in [0.1, 0.15) is 26.7 Å². The van der Waals surface area contributed by atoms with Crippen LogP contribution in [0, 0.1) is 0 Å². The average Bonchev–Trinajstić information content (AvgIpc) is 2.43. The van der Waals surface area contributed by atoms with Crippen LogP contribution in [-0.2, 0) is 0 Å². The molecule has 9 heavy (non-hydrogen) atoms. The zero-order valence-corrected chi connectivity index (χ0v) is 7.97. The summed E-state index contributed by atoms with van der Waals surface area (Å²) in [6, 6.07) is 0. The van der Waals surface area contributed by atoms with E-state index in [0.29, 0.717) is 0 Å². The molecule has 1 aliphatic rings. The summed E-state index contributed by atoms with van der Waals surface area (Å²) < 4.78 is 0. The van der Waals surface area contributed by atoms with Crippen molar-refractivity contribution in [3.05, 3.63) is 0 Å². The molecule has 1 atom stereocenters. The lowest BCUT2D eigenvalue weighted by Crippen LogP contribution is -1.95. The molecule has 0 nitrogen and oxygen atoms in total. The fourth-order valence-electron chi connectivity index (χ4n) is 0.788. The largest absolute Gasteiger partial charge is 0.178 e. The van der Waals surface area contributed by atoms with E-state index in [9.17, 15) is 0 Å². The van der Waals surface area contributed by atoms with Crippen molar-refractivity contribution in [2.45, 2.75) is 31.9 Å². The Bertz CT molecular complexity index is 48.9. The number of hydrogen-bond acceptors (Lipinski definition) is 2. The van der Waals surface area contributed by atoms with Gasteiger partial charge in [0.2, 0.25) is 0 Å². The molecule has 0 N–H and O–H groups in total. The van der Waals surface area contributed by atoms with Gasteiger partial charge in [0.15, 0.2) is 0 Å². The molecule has 0 aliphatic carbocycles. The van der Waals surface area contributed by atoms with Gasteiger partial charge < -0.3 is 0 Å². The van der Waals surface area contributed by atoms with Crippen molar-refractivity contribution in [3.8, 4) is 0 Å². The summed E-state index contributed by atoms with van der Waals surface area (Å²) >= 11 is 6.26. The zero-order chi connectivity index (χ0) is 7.11. The first-order valence-electron chi connectivity index (χ1n) is 3.66. The van der Waals surface area contributed by atoms with Crippen molar-refractivity contribution in [2.24, 2.45) is 0 Å². The third-order valence-electron chi connectivity index (χ3n) is 1.23. The average molecular weight is 164 g/mol. The Labute approximate surface area is 68.2 Å². The molecule has 1 unspecified atom stereocenters. The molecule has 1 heterocycles. The molecular formula is C7H16S2. The van der Waals surface area contributed by atoms with Gasteiger partial charge in [0, 0.05) is 11.0 Å². The van der Waals surface area contributed by atoms with E-state index in [1.807, 2.05) is 13.8 Å². The highest BCUT2D eigenvalue weighted by Crippen LogP contribution is 2.26. The fraction of sp³-hybridized carbons (Fsp3) is 1.00. The summed E-state index contributed by atoms with van der Waals surface area (Å²) in [5.74, 6) is 2.44. The van der Waals surface area contributed by atoms with Gasteiger partial charge in [-0.3, -0.25) is 0 Å². The van der Waals surface area contributed by atoms with Crippen molar-refractivity contribution in [1.29, 1.82) is 0 Å². The SMILES string of the molecule is CC.SCC1CCCS1. The van der Waals surface area contributed by atoms with Gasteiger partial charge in [-0.1, -0.05) is 13.8 Å². The minimum atomic E-state index is 0.878. The molecule has 0 aromatic rings. The molecule has 1 fully saturated rings. The lowest BCUT2D eigenvalue weighted by atomic mass is 10.3. The van der Waals surface area contributed by atoms with Crippen LogP contribution in [0.15, 0.2) is 0 Å². The van der Waals surface area contributed by atoms with E-state index in [4.69, 9.17) is 0 Å². The fourth-order valence-corrected chi connectivity index (χ4v) is 2.39. The first-order valence-corrected chi connectivity index (χ1v) is 5.34. The Morgan fingerprint density at radius 3 is 2.44 bits per heavy atom. The highest BCUT2D eigenvalue weighted by Gasteiger charge is 2.12. The molecule has 0 saturated carbocycles. The van der Waals surface area contributed by atoms with Crippen molar-refractivity contribution >= 4 is 24.4 Å². The second kappa shape index (κ2) is 6.81. The summed E-state index contributed by atoms with van der Waals surface area (Å²) in [6.45, 7) is 4.00. The van der Waals surface area contributed by atoms with E-state index in [1.54, 1.807) is 0 Å². The van der Waals surface area contributed by atoms with E-state index in [1.165, 1.54) is 18.6 Å². The smallest absolute Gasteiger partial charge is 0.0135 e. The third-order valence-corrected chi connectivity index (χ3v) is 3.31. The number of rotatable bonds is 1. The molecule has 1 saturated heterocycles. The van der Waals surface area contributed by atoms with Crippen molar-refractivity contribution in [1.82, 2.24) is 0 Å². The third kappa shape index (κ3) is 4.15. The van der Waals surface area contributed by atoms with Gasteiger partial charge in [0.05, 0.1) is 0 Å². The molecule has 1 aliphatic heterocycles. The predicted octanol–water partition coefficient (Wildman–Crippen LogP) is 2.84. The van der Waals surface area contributed by atoms with Crippen LogP contribution < -0.4 is 0 Å². The molecule has 0 aromatic carbocycles. The highest BCUT2D eigenvalue weighted by molar-refractivity contribution is 8.00. The molecule has 0 radical (unpaired) electrons. The van der Waals surface area contributed by atoms with E-state index < -0.39 is 0 Å². The topological polar surface area (TPSA) is 0 Å². The molecular weight excluding hydrogens is 148 g/mol. The number of thiol groups is 1. The maximum atomic E-state index is 4.19. The van der Waals surface area contributed by atoms with Gasteiger partial charge in [-0.25, -0.2) is 0 Å². The Hall–Kier alpha value is 0.700. The molecule has 0 aromatic heterocycles. The van der Waals surface area contributed by atoms with E-state index in [-0.39, 0.29) is 0 Å². The van der Waals surface area contributed by atoms with Crippen LogP contribution in [0.5, 0.6) is 0 Å². The number of hydrogen-bond donors (Lipinski definition) is 1. The molecule has 56 valence electrons. The van der Waals surface area contributed by atoms with E-state index in [0.717, 1.165) is 11.0 Å². The Morgan fingerprint density at radius 1 is 1.56 bits per heavy atom. The minimum Gasteiger partial charge on any atom is -0.178 e. The molecule has 0 amide bonds. The van der Waals surface area contributed by atoms with Crippen molar-refractivity contribution in [3.63, 3.8) is 0 Å². The Morgan fingerprint density at radius 2 is 2.22 bits per heavy atom. The minimum absolute atomic E-state index is 0.878. The van der Waals surface area contributed by atoms with Crippen LogP contribution in [0.4, 0.5) is 0 Å². The first kappa shape index (κ1) is 9.70. The van der Waals surface area contributed by atoms with Crippen LogP contribution in [0.25, 0.3) is 0 Å². The van der Waals surface area contributed by atoms with Crippen LogP contribution >= 0.6 is 24.4 Å². The molecule has 1 rings (SSSR count). The van der Waals surface area contributed by atoms with Gasteiger partial charge in [0.25, 0.3) is 0 Å². The Kier molecular flexibility index (Phi) is 7.34. The van der Waals surface area contributed by atoms with Crippen LogP contribution in [-0.4, -0.2) is 16.8 Å². The summed E-state index contributed by atoms with van der Waals surface area (Å²) in [4.78, 5) is 0. The Balaban J connectivity index is 0.000000291. The summed E-state index contributed by atoms with van der Waals surface area (Å²) in [7, 11) is 0. The van der Waals surface area contributed by atoms with Crippen molar-refractivity contribution in [2.75, 3.05) is 11.5 Å². The molecule has 0 bridgehead atoms. The predicted molar refractivity (Wildman–Crippen MR) is 50.7 cm³/mol. The number of thioether (sulfide) groups is 1.